The number of benzene rings is 1. The summed E-state index contributed by atoms with van der Waals surface area (Å²) in [5.74, 6) is -3.77. The molecule has 3 saturated heterocycles. The molecule has 3 heterocycles. The van der Waals surface area contributed by atoms with Gasteiger partial charge >= 0.3 is 0 Å². The monoisotopic (exact) mass is 693 g/mol. The minimum absolute atomic E-state index is 0.0132. The lowest BCUT2D eigenvalue weighted by Crippen LogP contribution is -2.58. The second-order valence-electron chi connectivity index (χ2n) is 14.1. The highest BCUT2D eigenvalue weighted by Gasteiger charge is 2.41. The standard InChI is InChI=1S/C35H50F3N5O6/c36-28-3-1-25(2-4-28)33(47)42-16-11-34(12-17-42)22-31(45)39-13-7-27-23-43(29-5-9-35(37,38)10-6-29)15-8-26(27)21-30(44)40-14-18-48-19-20-49-24-32(46)41-34/h1-4,26-27,29H,5-24H2,(H,39,45)(H,40,44)(H,41,46)/t26-,27-/m0/s1. The molecule has 4 aliphatic rings. The van der Waals surface area contributed by atoms with E-state index in [1.165, 1.54) is 24.3 Å². The summed E-state index contributed by atoms with van der Waals surface area (Å²) in [5.41, 5.74) is -0.531. The Hall–Kier alpha value is -3.23. The minimum Gasteiger partial charge on any atom is -0.377 e. The van der Waals surface area contributed by atoms with Crippen LogP contribution in [0.5, 0.6) is 0 Å². The summed E-state index contributed by atoms with van der Waals surface area (Å²) < 4.78 is 52.2. The van der Waals surface area contributed by atoms with Crippen molar-refractivity contribution in [2.75, 3.05) is 65.7 Å². The molecule has 272 valence electrons. The van der Waals surface area contributed by atoms with Crippen LogP contribution in [0.4, 0.5) is 13.2 Å². The molecule has 1 aliphatic carbocycles. The molecule has 14 heteroatoms. The predicted molar refractivity (Wildman–Crippen MR) is 174 cm³/mol. The fourth-order valence-corrected chi connectivity index (χ4v) is 7.74. The topological polar surface area (TPSA) is 129 Å². The molecule has 4 fully saturated rings. The molecule has 1 aromatic carbocycles. The van der Waals surface area contributed by atoms with Crippen LogP contribution in [0.25, 0.3) is 0 Å². The van der Waals surface area contributed by atoms with Gasteiger partial charge in [0.05, 0.1) is 25.4 Å². The van der Waals surface area contributed by atoms with E-state index in [9.17, 15) is 32.3 Å². The summed E-state index contributed by atoms with van der Waals surface area (Å²) in [7, 11) is 0. The van der Waals surface area contributed by atoms with Gasteiger partial charge in [0.2, 0.25) is 23.6 Å². The third-order valence-corrected chi connectivity index (χ3v) is 10.6. The van der Waals surface area contributed by atoms with Gasteiger partial charge in [-0.25, -0.2) is 13.2 Å². The summed E-state index contributed by atoms with van der Waals surface area (Å²) in [6, 6.07) is 5.45. The molecule has 0 bridgehead atoms. The van der Waals surface area contributed by atoms with E-state index < -0.39 is 17.3 Å². The van der Waals surface area contributed by atoms with E-state index in [4.69, 9.17) is 9.47 Å². The Balaban J connectivity index is 1.23. The molecule has 1 spiro atoms. The zero-order valence-corrected chi connectivity index (χ0v) is 28.2. The van der Waals surface area contributed by atoms with Gasteiger partial charge in [0.1, 0.15) is 12.4 Å². The lowest BCUT2D eigenvalue weighted by Gasteiger charge is -2.44. The fourth-order valence-electron chi connectivity index (χ4n) is 7.74. The van der Waals surface area contributed by atoms with E-state index in [2.05, 4.69) is 20.9 Å². The van der Waals surface area contributed by atoms with Gasteiger partial charge in [-0.3, -0.25) is 19.2 Å². The highest BCUT2D eigenvalue weighted by Crippen LogP contribution is 2.38. The van der Waals surface area contributed by atoms with Crippen LogP contribution in [0.1, 0.15) is 74.6 Å². The van der Waals surface area contributed by atoms with Gasteiger partial charge in [0.15, 0.2) is 0 Å². The van der Waals surface area contributed by atoms with Crippen LogP contribution >= 0.6 is 0 Å². The van der Waals surface area contributed by atoms with Crippen molar-refractivity contribution in [2.45, 2.75) is 81.7 Å². The number of hydrogen-bond donors (Lipinski definition) is 3. The fraction of sp³-hybridized carbons (Fsp3) is 0.714. The molecule has 5 rings (SSSR count). The summed E-state index contributed by atoms with van der Waals surface area (Å²) in [5, 5.41) is 8.98. The van der Waals surface area contributed by atoms with Crippen LogP contribution in [-0.4, -0.2) is 117 Å². The van der Waals surface area contributed by atoms with Crippen molar-refractivity contribution in [3.8, 4) is 0 Å². The van der Waals surface area contributed by atoms with Crippen molar-refractivity contribution in [1.29, 1.82) is 0 Å². The SMILES string of the molecule is O=C1C[C@@H]2CCN(C3CCC(F)(F)CC3)C[C@@H]2CCNC(=O)CC2(CCN(C(=O)c3ccc(F)cc3)CC2)NC(=O)COCCOCCN1. The lowest BCUT2D eigenvalue weighted by molar-refractivity contribution is -0.130. The average molecular weight is 694 g/mol. The number of fused-ring (bicyclic) bond motifs is 1. The van der Waals surface area contributed by atoms with E-state index in [1.807, 2.05) is 0 Å². The Morgan fingerprint density at radius 2 is 1.47 bits per heavy atom. The maximum atomic E-state index is 13.9. The Kier molecular flexibility index (Phi) is 12.9. The Morgan fingerprint density at radius 1 is 0.776 bits per heavy atom. The molecule has 3 N–H and O–H groups in total. The van der Waals surface area contributed by atoms with Crippen LogP contribution in [0.2, 0.25) is 0 Å². The van der Waals surface area contributed by atoms with Gasteiger partial charge < -0.3 is 35.2 Å². The van der Waals surface area contributed by atoms with E-state index in [0.29, 0.717) is 83.4 Å². The van der Waals surface area contributed by atoms with Crippen LogP contribution < -0.4 is 16.0 Å². The molecule has 0 unspecified atom stereocenters. The van der Waals surface area contributed by atoms with Crippen molar-refractivity contribution in [3.05, 3.63) is 35.6 Å². The zero-order valence-electron chi connectivity index (χ0n) is 28.2. The van der Waals surface area contributed by atoms with Gasteiger partial charge in [-0.05, 0) is 81.2 Å². The summed E-state index contributed by atoms with van der Waals surface area (Å²) in [6.45, 7) is 3.25. The van der Waals surface area contributed by atoms with Crippen molar-refractivity contribution < 1.29 is 41.8 Å². The quantitative estimate of drug-likeness (QED) is 0.435. The van der Waals surface area contributed by atoms with E-state index in [-0.39, 0.29) is 80.6 Å². The maximum Gasteiger partial charge on any atom is 0.253 e. The number of nitrogens with zero attached hydrogens (tertiary/aromatic N) is 2. The molecule has 49 heavy (non-hydrogen) atoms. The molecule has 4 amide bonds. The first-order valence-electron chi connectivity index (χ1n) is 17.7. The first-order chi connectivity index (χ1) is 23.5. The Morgan fingerprint density at radius 3 is 2.20 bits per heavy atom. The second-order valence-corrected chi connectivity index (χ2v) is 14.1. The number of alkyl halides is 2. The molecule has 0 radical (unpaired) electrons. The van der Waals surface area contributed by atoms with Gasteiger partial charge in [0, 0.05) is 70.0 Å². The van der Waals surface area contributed by atoms with Crippen LogP contribution in [0.3, 0.4) is 0 Å². The molecule has 3 aliphatic heterocycles. The van der Waals surface area contributed by atoms with Crippen molar-refractivity contribution >= 4 is 23.6 Å². The Labute approximate surface area is 286 Å². The highest BCUT2D eigenvalue weighted by atomic mass is 19.3. The van der Waals surface area contributed by atoms with Crippen LogP contribution in [0.15, 0.2) is 24.3 Å². The van der Waals surface area contributed by atoms with Gasteiger partial charge in [-0.2, -0.15) is 0 Å². The van der Waals surface area contributed by atoms with Crippen molar-refractivity contribution in [2.24, 2.45) is 11.8 Å². The highest BCUT2D eigenvalue weighted by molar-refractivity contribution is 5.94. The number of hydrogen-bond acceptors (Lipinski definition) is 7. The first-order valence-corrected chi connectivity index (χ1v) is 17.7. The molecular weight excluding hydrogens is 643 g/mol. The zero-order chi connectivity index (χ0) is 34.9. The average Bonchev–Trinajstić information content (AvgIpc) is 3.06. The van der Waals surface area contributed by atoms with E-state index >= 15 is 0 Å². The third kappa shape index (κ3) is 10.9. The number of nitrogens with one attached hydrogen (secondary N) is 3. The second kappa shape index (κ2) is 17.1. The van der Waals surface area contributed by atoms with Gasteiger partial charge in [0.25, 0.3) is 5.91 Å². The summed E-state index contributed by atoms with van der Waals surface area (Å²) in [4.78, 5) is 56.3. The molecule has 0 aromatic heterocycles. The smallest absolute Gasteiger partial charge is 0.253 e. The number of piperidine rings is 2. The predicted octanol–water partition coefficient (Wildman–Crippen LogP) is 2.88. The van der Waals surface area contributed by atoms with Crippen LogP contribution in [0, 0.1) is 17.7 Å². The van der Waals surface area contributed by atoms with Gasteiger partial charge in [-0.15, -0.1) is 0 Å². The van der Waals surface area contributed by atoms with Crippen molar-refractivity contribution in [3.63, 3.8) is 0 Å². The van der Waals surface area contributed by atoms with E-state index in [1.54, 1.807) is 4.90 Å². The number of amides is 4. The number of ether oxygens (including phenoxy) is 2. The lowest BCUT2D eigenvalue weighted by atomic mass is 9.79. The summed E-state index contributed by atoms with van der Waals surface area (Å²) in [6.07, 6.45) is 3.14. The summed E-state index contributed by atoms with van der Waals surface area (Å²) >= 11 is 0. The normalized spacial score (nSPS) is 27.3. The number of carbonyl (C=O) groups excluding carboxylic acids is 4. The molecule has 11 nitrogen and oxygen atoms in total. The first kappa shape index (κ1) is 37.0. The van der Waals surface area contributed by atoms with E-state index in [0.717, 1.165) is 13.0 Å². The van der Waals surface area contributed by atoms with Crippen LogP contribution in [-0.2, 0) is 23.9 Å². The third-order valence-electron chi connectivity index (χ3n) is 10.6. The minimum atomic E-state index is -2.60. The Bertz CT molecular complexity index is 1280. The molecule has 1 saturated carbocycles. The number of rotatable bonds is 2. The van der Waals surface area contributed by atoms with Gasteiger partial charge in [-0.1, -0.05) is 0 Å². The molecule has 2 atom stereocenters. The maximum absolute atomic E-state index is 13.9. The van der Waals surface area contributed by atoms with Crippen molar-refractivity contribution in [1.82, 2.24) is 25.8 Å². The number of carbonyl (C=O) groups is 4. The number of halogens is 3. The molecule has 1 aromatic rings. The molecular formula is C35H50F3N5O6. The number of likely N-dealkylation sites (tertiary alicyclic amines) is 2. The largest absolute Gasteiger partial charge is 0.377 e.